The molecule has 0 fully saturated rings. The highest BCUT2D eigenvalue weighted by Crippen LogP contribution is 2.19. The summed E-state index contributed by atoms with van der Waals surface area (Å²) < 4.78 is 28.3. The third-order valence-corrected chi connectivity index (χ3v) is 3.31. The summed E-state index contributed by atoms with van der Waals surface area (Å²) in [7, 11) is 0. The van der Waals surface area contributed by atoms with Crippen molar-refractivity contribution < 1.29 is 18.6 Å². The summed E-state index contributed by atoms with van der Waals surface area (Å²) in [5.41, 5.74) is 0.678. The first-order valence-electron chi connectivity index (χ1n) is 6.90. The summed E-state index contributed by atoms with van der Waals surface area (Å²) in [5, 5.41) is 13.4. The fraction of sp³-hybridized carbons (Fsp3) is 0.600. The number of hydrogen-bond acceptors (Lipinski definition) is 3. The quantitative estimate of drug-likeness (QED) is 0.770. The van der Waals surface area contributed by atoms with Crippen molar-refractivity contribution in [1.29, 1.82) is 0 Å². The lowest BCUT2D eigenvalue weighted by Gasteiger charge is -2.22. The Morgan fingerprint density at radius 2 is 1.80 bits per heavy atom. The van der Waals surface area contributed by atoms with Crippen LogP contribution in [0, 0.1) is 5.92 Å². The Kier molecular flexibility index (Phi) is 6.88. The van der Waals surface area contributed by atoms with Gasteiger partial charge in [-0.2, -0.15) is 8.78 Å². The highest BCUT2D eigenvalue weighted by molar-refractivity contribution is 5.28. The Hall–Kier alpha value is -1.20. The number of benzene rings is 1. The summed E-state index contributed by atoms with van der Waals surface area (Å²) >= 11 is 0. The van der Waals surface area contributed by atoms with Gasteiger partial charge in [-0.25, -0.2) is 0 Å². The molecule has 0 heterocycles. The van der Waals surface area contributed by atoms with E-state index in [1.54, 1.807) is 12.1 Å². The van der Waals surface area contributed by atoms with Crippen LogP contribution in [0.2, 0.25) is 0 Å². The molecule has 0 bridgehead atoms. The number of nitrogens with one attached hydrogen (secondary N) is 1. The Morgan fingerprint density at radius 1 is 1.20 bits per heavy atom. The van der Waals surface area contributed by atoms with Crippen LogP contribution in [0.1, 0.15) is 38.9 Å². The van der Waals surface area contributed by atoms with Gasteiger partial charge in [0, 0.05) is 12.6 Å². The molecule has 1 aromatic rings. The minimum Gasteiger partial charge on any atom is -0.435 e. The van der Waals surface area contributed by atoms with Crippen LogP contribution in [-0.2, 0) is 0 Å². The van der Waals surface area contributed by atoms with E-state index in [1.165, 1.54) is 12.1 Å². The zero-order chi connectivity index (χ0) is 15.1. The maximum absolute atomic E-state index is 12.0. The average Bonchev–Trinajstić information content (AvgIpc) is 2.39. The van der Waals surface area contributed by atoms with E-state index in [4.69, 9.17) is 0 Å². The van der Waals surface area contributed by atoms with E-state index in [1.807, 2.05) is 0 Å². The van der Waals surface area contributed by atoms with E-state index in [0.29, 0.717) is 24.1 Å². The van der Waals surface area contributed by atoms with Crippen molar-refractivity contribution in [2.24, 2.45) is 5.92 Å². The number of ether oxygens (including phenoxy) is 1. The molecule has 0 amide bonds. The zero-order valence-electron chi connectivity index (χ0n) is 12.1. The lowest BCUT2D eigenvalue weighted by molar-refractivity contribution is -0.0498. The Balaban J connectivity index is 2.52. The molecule has 20 heavy (non-hydrogen) atoms. The van der Waals surface area contributed by atoms with Crippen LogP contribution in [0.15, 0.2) is 24.3 Å². The summed E-state index contributed by atoms with van der Waals surface area (Å²) in [5.74, 6) is 0.589. The Morgan fingerprint density at radius 3 is 2.25 bits per heavy atom. The molecular weight excluding hydrogens is 264 g/mol. The molecule has 114 valence electrons. The van der Waals surface area contributed by atoms with Gasteiger partial charge < -0.3 is 15.2 Å². The second kappa shape index (κ2) is 8.17. The lowest BCUT2D eigenvalue weighted by Crippen LogP contribution is -2.36. The molecular formula is C15H23F2NO2. The van der Waals surface area contributed by atoms with E-state index in [9.17, 15) is 13.9 Å². The third kappa shape index (κ3) is 5.43. The number of rotatable bonds is 8. The van der Waals surface area contributed by atoms with Crippen molar-refractivity contribution in [3.8, 4) is 5.75 Å². The SMILES string of the molecule is CCC(NCC(O)c1ccc(OC(F)F)cc1)C(C)C. The van der Waals surface area contributed by atoms with Gasteiger partial charge in [0.05, 0.1) is 6.10 Å². The monoisotopic (exact) mass is 287 g/mol. The van der Waals surface area contributed by atoms with E-state index in [0.717, 1.165) is 6.42 Å². The molecule has 2 N–H and O–H groups in total. The molecule has 0 aliphatic heterocycles. The molecule has 0 aliphatic carbocycles. The number of halogens is 2. The van der Waals surface area contributed by atoms with Crippen LogP contribution >= 0.6 is 0 Å². The average molecular weight is 287 g/mol. The van der Waals surface area contributed by atoms with Gasteiger partial charge in [-0.05, 0) is 30.0 Å². The molecule has 0 aliphatic rings. The standard InChI is InChI=1S/C15H23F2NO2/c1-4-13(10(2)3)18-9-14(19)11-5-7-12(8-6-11)20-15(16)17/h5-8,10,13-15,18-19H,4,9H2,1-3H3. The number of hydrogen-bond donors (Lipinski definition) is 2. The van der Waals surface area contributed by atoms with E-state index in [2.05, 4.69) is 30.8 Å². The van der Waals surface area contributed by atoms with Crippen molar-refractivity contribution in [2.75, 3.05) is 6.54 Å². The molecule has 5 heteroatoms. The second-order valence-corrected chi connectivity index (χ2v) is 5.13. The first-order valence-corrected chi connectivity index (χ1v) is 6.90. The predicted molar refractivity (Wildman–Crippen MR) is 75.0 cm³/mol. The number of aliphatic hydroxyl groups is 1. The third-order valence-electron chi connectivity index (χ3n) is 3.31. The highest BCUT2D eigenvalue weighted by Gasteiger charge is 2.14. The van der Waals surface area contributed by atoms with Gasteiger partial charge in [0.25, 0.3) is 0 Å². The van der Waals surface area contributed by atoms with Crippen LogP contribution in [0.5, 0.6) is 5.75 Å². The van der Waals surface area contributed by atoms with Gasteiger partial charge in [-0.3, -0.25) is 0 Å². The normalized spacial score (nSPS) is 14.6. The van der Waals surface area contributed by atoms with Crippen molar-refractivity contribution in [1.82, 2.24) is 5.32 Å². The van der Waals surface area contributed by atoms with E-state index in [-0.39, 0.29) is 5.75 Å². The number of aliphatic hydroxyl groups excluding tert-OH is 1. The minimum atomic E-state index is -2.83. The molecule has 2 atom stereocenters. The van der Waals surface area contributed by atoms with Crippen LogP contribution in [-0.4, -0.2) is 24.3 Å². The summed E-state index contributed by atoms with van der Waals surface area (Å²) in [6.07, 6.45) is 0.328. The summed E-state index contributed by atoms with van der Waals surface area (Å²) in [6, 6.07) is 6.42. The maximum Gasteiger partial charge on any atom is 0.387 e. The van der Waals surface area contributed by atoms with Crippen LogP contribution < -0.4 is 10.1 Å². The maximum atomic E-state index is 12.0. The van der Waals surface area contributed by atoms with Crippen LogP contribution in [0.4, 0.5) is 8.78 Å². The lowest BCUT2D eigenvalue weighted by atomic mass is 10.0. The first-order chi connectivity index (χ1) is 9.43. The van der Waals surface area contributed by atoms with Gasteiger partial charge in [0.15, 0.2) is 0 Å². The smallest absolute Gasteiger partial charge is 0.387 e. The van der Waals surface area contributed by atoms with Gasteiger partial charge in [0.2, 0.25) is 0 Å². The highest BCUT2D eigenvalue weighted by atomic mass is 19.3. The summed E-state index contributed by atoms with van der Waals surface area (Å²) in [4.78, 5) is 0. The topological polar surface area (TPSA) is 41.5 Å². The predicted octanol–water partition coefficient (Wildman–Crippen LogP) is 3.35. The van der Waals surface area contributed by atoms with Gasteiger partial charge in [-0.15, -0.1) is 0 Å². The van der Waals surface area contributed by atoms with Crippen LogP contribution in [0.25, 0.3) is 0 Å². The summed E-state index contributed by atoms with van der Waals surface area (Å²) in [6.45, 7) is 3.96. The van der Waals surface area contributed by atoms with E-state index >= 15 is 0 Å². The fourth-order valence-corrected chi connectivity index (χ4v) is 2.10. The van der Waals surface area contributed by atoms with Crippen LogP contribution in [0.3, 0.4) is 0 Å². The van der Waals surface area contributed by atoms with Crippen molar-refractivity contribution in [3.05, 3.63) is 29.8 Å². The minimum absolute atomic E-state index is 0.0949. The molecule has 3 nitrogen and oxygen atoms in total. The molecule has 1 aromatic carbocycles. The van der Waals surface area contributed by atoms with Crippen molar-refractivity contribution in [3.63, 3.8) is 0 Å². The van der Waals surface area contributed by atoms with Crippen molar-refractivity contribution in [2.45, 2.75) is 45.9 Å². The second-order valence-electron chi connectivity index (χ2n) is 5.13. The zero-order valence-corrected chi connectivity index (χ0v) is 12.1. The molecule has 0 spiro atoms. The molecule has 1 rings (SSSR count). The molecule has 2 unspecified atom stereocenters. The van der Waals surface area contributed by atoms with Gasteiger partial charge in [0.1, 0.15) is 5.75 Å². The number of alkyl halides is 2. The van der Waals surface area contributed by atoms with Gasteiger partial charge in [-0.1, -0.05) is 32.9 Å². The molecule has 0 saturated carbocycles. The fourth-order valence-electron chi connectivity index (χ4n) is 2.10. The Bertz CT molecular complexity index is 382. The van der Waals surface area contributed by atoms with Gasteiger partial charge >= 0.3 is 6.61 Å². The Labute approximate surface area is 119 Å². The molecule has 0 saturated heterocycles. The molecule has 0 aromatic heterocycles. The molecule has 0 radical (unpaired) electrons. The van der Waals surface area contributed by atoms with E-state index < -0.39 is 12.7 Å². The first kappa shape index (κ1) is 16.9. The van der Waals surface area contributed by atoms with Crippen molar-refractivity contribution >= 4 is 0 Å². The largest absolute Gasteiger partial charge is 0.435 e.